The summed E-state index contributed by atoms with van der Waals surface area (Å²) in [5.41, 5.74) is 0. The number of nitrogens with one attached hydrogen (secondary N) is 1. The second-order valence-corrected chi connectivity index (χ2v) is 8.52. The van der Waals surface area contributed by atoms with Crippen molar-refractivity contribution < 1.29 is 13.5 Å². The van der Waals surface area contributed by atoms with Gasteiger partial charge in [0.15, 0.2) is 0 Å². The Kier molecular flexibility index (Phi) is 5.25. The summed E-state index contributed by atoms with van der Waals surface area (Å²) >= 11 is 6.79. The summed E-state index contributed by atoms with van der Waals surface area (Å²) in [5.74, 6) is 0.226. The quantitative estimate of drug-likeness (QED) is 0.875. The molecule has 1 aromatic rings. The molecule has 0 aromatic carbocycles. The van der Waals surface area contributed by atoms with Gasteiger partial charge in [0.1, 0.15) is 4.21 Å². The van der Waals surface area contributed by atoms with Gasteiger partial charge in [0, 0.05) is 6.04 Å². The normalized spacial score (nSPS) is 19.5. The molecular formula is C12H18ClNO3S2. The van der Waals surface area contributed by atoms with Crippen LogP contribution in [0.5, 0.6) is 0 Å². The van der Waals surface area contributed by atoms with Crippen LogP contribution in [0.2, 0.25) is 4.34 Å². The van der Waals surface area contributed by atoms with Crippen LogP contribution in [-0.4, -0.2) is 26.2 Å². The van der Waals surface area contributed by atoms with Gasteiger partial charge >= 0.3 is 0 Å². The molecular weight excluding hydrogens is 306 g/mol. The number of aliphatic hydroxyl groups excluding tert-OH is 1. The Morgan fingerprint density at radius 2 is 2.05 bits per heavy atom. The van der Waals surface area contributed by atoms with Gasteiger partial charge in [-0.3, -0.25) is 0 Å². The standard InChI is InChI=1S/C12H18ClNO3S2/c13-11-6-7-12(18-11)19(16,17)14-10(8-15)9-4-2-1-3-5-9/h6-7,9-10,14-15H,1-5,8H2. The molecule has 1 aliphatic rings. The van der Waals surface area contributed by atoms with Crippen LogP contribution >= 0.6 is 22.9 Å². The second-order valence-electron chi connectivity index (χ2n) is 4.87. The van der Waals surface area contributed by atoms with Crippen LogP contribution in [0.1, 0.15) is 32.1 Å². The SMILES string of the molecule is O=S(=O)(NC(CO)C1CCCCC1)c1ccc(Cl)s1. The number of halogens is 1. The molecule has 1 aliphatic carbocycles. The molecule has 1 unspecified atom stereocenters. The van der Waals surface area contributed by atoms with Gasteiger partial charge in [-0.2, -0.15) is 0 Å². The molecule has 2 N–H and O–H groups in total. The van der Waals surface area contributed by atoms with Crippen LogP contribution in [0.3, 0.4) is 0 Å². The summed E-state index contributed by atoms with van der Waals surface area (Å²) in [4.78, 5) is 0. The van der Waals surface area contributed by atoms with Gasteiger partial charge in [-0.25, -0.2) is 13.1 Å². The monoisotopic (exact) mass is 323 g/mol. The van der Waals surface area contributed by atoms with Gasteiger partial charge in [-0.15, -0.1) is 11.3 Å². The third-order valence-corrected chi connectivity index (χ3v) is 6.75. The lowest BCUT2D eigenvalue weighted by Gasteiger charge is -2.29. The van der Waals surface area contributed by atoms with Gasteiger partial charge in [0.25, 0.3) is 0 Å². The van der Waals surface area contributed by atoms with Crippen molar-refractivity contribution in [3.05, 3.63) is 16.5 Å². The van der Waals surface area contributed by atoms with E-state index in [9.17, 15) is 13.5 Å². The van der Waals surface area contributed by atoms with Crippen LogP contribution < -0.4 is 4.72 Å². The minimum absolute atomic E-state index is 0.164. The Bertz CT molecular complexity index is 509. The summed E-state index contributed by atoms with van der Waals surface area (Å²) in [7, 11) is -3.58. The second kappa shape index (κ2) is 6.54. The first-order valence-corrected chi connectivity index (χ1v) is 9.09. The van der Waals surface area contributed by atoms with E-state index in [0.29, 0.717) is 4.34 Å². The smallest absolute Gasteiger partial charge is 0.250 e. The van der Waals surface area contributed by atoms with Gasteiger partial charge in [0.2, 0.25) is 10.0 Å². The van der Waals surface area contributed by atoms with Crippen molar-refractivity contribution in [2.45, 2.75) is 42.4 Å². The van der Waals surface area contributed by atoms with Crippen molar-refractivity contribution in [3.8, 4) is 0 Å². The molecule has 0 bridgehead atoms. The molecule has 4 nitrogen and oxygen atoms in total. The third kappa shape index (κ3) is 3.92. The summed E-state index contributed by atoms with van der Waals surface area (Å²) < 4.78 is 27.6. The van der Waals surface area contributed by atoms with Crippen LogP contribution in [-0.2, 0) is 10.0 Å². The lowest BCUT2D eigenvalue weighted by molar-refractivity contribution is 0.187. The maximum atomic E-state index is 12.2. The van der Waals surface area contributed by atoms with Gasteiger partial charge in [-0.05, 0) is 30.9 Å². The lowest BCUT2D eigenvalue weighted by atomic mass is 9.84. The number of hydrogen-bond donors (Lipinski definition) is 2. The zero-order chi connectivity index (χ0) is 13.9. The number of thiophene rings is 1. The minimum Gasteiger partial charge on any atom is -0.395 e. The average molecular weight is 324 g/mol. The van der Waals surface area contributed by atoms with Gasteiger partial charge in [0.05, 0.1) is 10.9 Å². The predicted molar refractivity (Wildman–Crippen MR) is 77.1 cm³/mol. The fourth-order valence-corrected chi connectivity index (χ4v) is 5.31. The molecule has 0 saturated heterocycles. The predicted octanol–water partition coefficient (Wildman–Crippen LogP) is 2.62. The van der Waals surface area contributed by atoms with Gasteiger partial charge in [-0.1, -0.05) is 30.9 Å². The topological polar surface area (TPSA) is 66.4 Å². The maximum absolute atomic E-state index is 12.2. The van der Waals surface area contributed by atoms with E-state index in [1.807, 2.05) is 0 Å². The largest absolute Gasteiger partial charge is 0.395 e. The van der Waals surface area contributed by atoms with Gasteiger partial charge < -0.3 is 5.11 Å². The highest BCUT2D eigenvalue weighted by molar-refractivity contribution is 7.91. The Balaban J connectivity index is 2.08. The lowest BCUT2D eigenvalue weighted by Crippen LogP contribution is -2.43. The molecule has 19 heavy (non-hydrogen) atoms. The molecule has 1 aromatic heterocycles. The first-order valence-electron chi connectivity index (χ1n) is 6.41. The molecule has 7 heteroatoms. The van der Waals surface area contributed by atoms with E-state index in [1.54, 1.807) is 6.07 Å². The molecule has 108 valence electrons. The van der Waals surface area contributed by atoms with Crippen molar-refractivity contribution in [3.63, 3.8) is 0 Å². The zero-order valence-corrected chi connectivity index (χ0v) is 12.9. The first-order chi connectivity index (χ1) is 9.03. The molecule has 0 amide bonds. The molecule has 2 rings (SSSR count). The fraction of sp³-hybridized carbons (Fsp3) is 0.667. The number of rotatable bonds is 5. The molecule has 0 radical (unpaired) electrons. The molecule has 0 spiro atoms. The minimum atomic E-state index is -3.58. The van der Waals surface area contributed by atoms with E-state index in [1.165, 1.54) is 12.5 Å². The van der Waals surface area contributed by atoms with Crippen molar-refractivity contribution in [2.24, 2.45) is 5.92 Å². The maximum Gasteiger partial charge on any atom is 0.250 e. The Labute approximate surface area is 122 Å². The fourth-order valence-electron chi connectivity index (χ4n) is 2.52. The third-order valence-electron chi connectivity index (χ3n) is 3.54. The summed E-state index contributed by atoms with van der Waals surface area (Å²) in [6.07, 6.45) is 5.35. The number of aliphatic hydroxyl groups is 1. The Hall–Kier alpha value is -0.140. The van der Waals surface area contributed by atoms with Crippen LogP contribution in [0, 0.1) is 5.92 Å². The molecule has 1 heterocycles. The van der Waals surface area contributed by atoms with Crippen LogP contribution in [0.4, 0.5) is 0 Å². The number of hydrogen-bond acceptors (Lipinski definition) is 4. The Morgan fingerprint density at radius 1 is 1.37 bits per heavy atom. The Morgan fingerprint density at radius 3 is 2.58 bits per heavy atom. The molecule has 1 saturated carbocycles. The van der Waals surface area contributed by atoms with Crippen molar-refractivity contribution in [1.29, 1.82) is 0 Å². The van der Waals surface area contributed by atoms with E-state index in [-0.39, 0.29) is 16.7 Å². The van der Waals surface area contributed by atoms with E-state index in [0.717, 1.165) is 37.0 Å². The van der Waals surface area contributed by atoms with Crippen LogP contribution in [0.15, 0.2) is 16.3 Å². The van der Waals surface area contributed by atoms with E-state index in [2.05, 4.69) is 4.72 Å². The number of sulfonamides is 1. The van der Waals surface area contributed by atoms with Crippen molar-refractivity contribution in [2.75, 3.05) is 6.61 Å². The summed E-state index contributed by atoms with van der Waals surface area (Å²) in [6, 6.07) is 2.66. The van der Waals surface area contributed by atoms with Crippen LogP contribution in [0.25, 0.3) is 0 Å². The summed E-state index contributed by atoms with van der Waals surface area (Å²) in [5, 5.41) is 9.44. The highest BCUT2D eigenvalue weighted by Crippen LogP contribution is 2.29. The summed E-state index contributed by atoms with van der Waals surface area (Å²) in [6.45, 7) is -0.164. The molecule has 1 atom stereocenters. The first kappa shape index (κ1) is 15.3. The molecule has 0 aliphatic heterocycles. The van der Waals surface area contributed by atoms with Crippen molar-refractivity contribution in [1.82, 2.24) is 4.72 Å². The van der Waals surface area contributed by atoms with E-state index in [4.69, 9.17) is 11.6 Å². The highest BCUT2D eigenvalue weighted by Gasteiger charge is 2.28. The highest BCUT2D eigenvalue weighted by atomic mass is 35.5. The van der Waals surface area contributed by atoms with Crippen molar-refractivity contribution >= 4 is 33.0 Å². The average Bonchev–Trinajstić information content (AvgIpc) is 2.85. The zero-order valence-electron chi connectivity index (χ0n) is 10.5. The molecule has 1 fully saturated rings. The van der Waals surface area contributed by atoms with E-state index >= 15 is 0 Å². The van der Waals surface area contributed by atoms with E-state index < -0.39 is 16.1 Å².